The highest BCUT2D eigenvalue weighted by molar-refractivity contribution is 7.90. The zero-order valence-corrected chi connectivity index (χ0v) is 16.0. The number of fused-ring (bicyclic) bond motifs is 2. The maximum Gasteiger partial charge on any atom is 0.337 e. The van der Waals surface area contributed by atoms with E-state index in [1.807, 2.05) is 0 Å². The van der Waals surface area contributed by atoms with Crippen LogP contribution in [0.2, 0.25) is 0 Å². The number of hydrogen-bond acceptors (Lipinski definition) is 4. The minimum absolute atomic E-state index is 0. The first-order valence-corrected chi connectivity index (χ1v) is 10.1. The van der Waals surface area contributed by atoms with Crippen LogP contribution in [0.1, 0.15) is 41.6 Å². The first-order chi connectivity index (χ1) is 11.8. The molecular formula is C17H23ClF2N2O3S. The molecule has 2 unspecified atom stereocenters. The molecule has 1 aromatic carbocycles. The second-order valence-electron chi connectivity index (χ2n) is 6.94. The van der Waals surface area contributed by atoms with Crippen molar-refractivity contribution < 1.29 is 22.0 Å². The fourth-order valence-corrected chi connectivity index (χ4v) is 4.53. The predicted octanol–water partition coefficient (Wildman–Crippen LogP) is 2.60. The summed E-state index contributed by atoms with van der Waals surface area (Å²) < 4.78 is 47.4. The van der Waals surface area contributed by atoms with Gasteiger partial charge < -0.3 is 10.2 Å². The van der Waals surface area contributed by atoms with E-state index in [-0.39, 0.29) is 29.9 Å². The van der Waals surface area contributed by atoms with Gasteiger partial charge in [0.1, 0.15) is 0 Å². The molecular weight excluding hydrogens is 386 g/mol. The molecule has 1 N–H and O–H groups in total. The van der Waals surface area contributed by atoms with Crippen LogP contribution in [0.15, 0.2) is 24.3 Å². The van der Waals surface area contributed by atoms with Crippen molar-refractivity contribution in [2.45, 2.75) is 55.3 Å². The van der Waals surface area contributed by atoms with Gasteiger partial charge in [-0.2, -0.15) is 8.78 Å². The summed E-state index contributed by atoms with van der Waals surface area (Å²) in [6.45, 7) is 0. The van der Waals surface area contributed by atoms with Crippen LogP contribution in [0.25, 0.3) is 0 Å². The quantitative estimate of drug-likeness (QED) is 0.813. The van der Waals surface area contributed by atoms with Gasteiger partial charge in [-0.05, 0) is 43.4 Å². The van der Waals surface area contributed by atoms with E-state index in [9.17, 15) is 22.0 Å². The number of benzene rings is 1. The number of piperidine rings is 1. The van der Waals surface area contributed by atoms with Crippen molar-refractivity contribution in [3.8, 4) is 0 Å². The summed E-state index contributed by atoms with van der Waals surface area (Å²) in [7, 11) is -2.67. The maximum absolute atomic E-state index is 12.6. The van der Waals surface area contributed by atoms with E-state index >= 15 is 0 Å². The smallest absolute Gasteiger partial charge is 0.337 e. The van der Waals surface area contributed by atoms with Crippen molar-refractivity contribution in [1.82, 2.24) is 10.2 Å². The molecule has 2 saturated heterocycles. The van der Waals surface area contributed by atoms with Crippen molar-refractivity contribution in [3.63, 3.8) is 0 Å². The van der Waals surface area contributed by atoms with Gasteiger partial charge in [-0.25, -0.2) is 8.42 Å². The highest BCUT2D eigenvalue weighted by atomic mass is 35.5. The monoisotopic (exact) mass is 408 g/mol. The summed E-state index contributed by atoms with van der Waals surface area (Å²) in [5.74, 6) is -4.25. The third kappa shape index (κ3) is 4.53. The summed E-state index contributed by atoms with van der Waals surface area (Å²) in [6.07, 6.45) is 4.17. The Balaban J connectivity index is 0.00000243. The normalized spacial score (nSPS) is 25.0. The Morgan fingerprint density at radius 3 is 2.23 bits per heavy atom. The summed E-state index contributed by atoms with van der Waals surface area (Å²) >= 11 is 0. The molecule has 26 heavy (non-hydrogen) atoms. The lowest BCUT2D eigenvalue weighted by Crippen LogP contribution is -2.48. The topological polar surface area (TPSA) is 66.5 Å². The van der Waals surface area contributed by atoms with Gasteiger partial charge in [-0.1, -0.05) is 12.1 Å². The molecule has 1 amide bonds. The summed E-state index contributed by atoms with van der Waals surface area (Å²) in [4.78, 5) is 14.4. The Kier molecular flexibility index (Phi) is 6.63. The van der Waals surface area contributed by atoms with Crippen LogP contribution in [-0.4, -0.2) is 50.2 Å². The molecule has 1 aromatic rings. The summed E-state index contributed by atoms with van der Waals surface area (Å²) in [5.41, 5.74) is 0.686. The van der Waals surface area contributed by atoms with Gasteiger partial charge in [-0.15, -0.1) is 12.4 Å². The van der Waals surface area contributed by atoms with Crippen LogP contribution in [0.3, 0.4) is 0 Å². The van der Waals surface area contributed by atoms with E-state index in [2.05, 4.69) is 5.32 Å². The van der Waals surface area contributed by atoms with Crippen LogP contribution in [0.4, 0.5) is 8.78 Å². The lowest BCUT2D eigenvalue weighted by molar-refractivity contribution is 0.0681. The summed E-state index contributed by atoms with van der Waals surface area (Å²) in [6, 6.07) is 6.99. The fourth-order valence-electron chi connectivity index (χ4n) is 3.75. The maximum atomic E-state index is 12.6. The molecule has 0 spiro atoms. The Morgan fingerprint density at radius 2 is 1.73 bits per heavy atom. The molecule has 2 aliphatic heterocycles. The third-order valence-electron chi connectivity index (χ3n) is 5.16. The van der Waals surface area contributed by atoms with Gasteiger partial charge in [0.25, 0.3) is 5.91 Å². The van der Waals surface area contributed by atoms with Gasteiger partial charge >= 0.3 is 5.76 Å². The molecule has 3 rings (SSSR count). The summed E-state index contributed by atoms with van der Waals surface area (Å²) in [5, 5.41) is 3.54. The number of carbonyl (C=O) groups excluding carboxylic acids is 1. The number of carbonyl (C=O) groups is 1. The third-order valence-corrected chi connectivity index (χ3v) is 6.44. The van der Waals surface area contributed by atoms with Crippen molar-refractivity contribution >= 4 is 28.2 Å². The standard InChI is InChI=1S/C17H22F2N2O3S.ClH/c1-21(15-8-13-6-7-14(9-15)20-13)16(22)12-4-2-11(3-5-12)10-25(23,24)17(18)19;/h2-5,13-15,17,20H,6-10H2,1H3;1H. The molecule has 2 atom stereocenters. The Bertz CT molecular complexity index is 731. The minimum Gasteiger partial charge on any atom is -0.339 e. The highest BCUT2D eigenvalue weighted by Crippen LogP contribution is 2.29. The van der Waals surface area contributed by atoms with Crippen LogP contribution in [0, 0.1) is 0 Å². The Morgan fingerprint density at radius 1 is 1.19 bits per heavy atom. The molecule has 0 saturated carbocycles. The van der Waals surface area contributed by atoms with Gasteiger partial charge in [0.15, 0.2) is 0 Å². The number of alkyl halides is 2. The SMILES string of the molecule is CN(C(=O)c1ccc(CS(=O)(=O)C(F)F)cc1)C1CC2CCC(C1)N2.Cl. The molecule has 9 heteroatoms. The van der Waals surface area contributed by atoms with Gasteiger partial charge in [0.2, 0.25) is 9.84 Å². The molecule has 2 aliphatic rings. The van der Waals surface area contributed by atoms with E-state index in [0.717, 1.165) is 25.7 Å². The molecule has 5 nitrogen and oxygen atoms in total. The van der Waals surface area contributed by atoms with E-state index < -0.39 is 21.3 Å². The average Bonchev–Trinajstić information content (AvgIpc) is 2.91. The highest BCUT2D eigenvalue weighted by Gasteiger charge is 2.36. The van der Waals surface area contributed by atoms with Gasteiger partial charge in [-0.3, -0.25) is 4.79 Å². The van der Waals surface area contributed by atoms with Gasteiger partial charge in [0, 0.05) is 30.7 Å². The lowest BCUT2D eigenvalue weighted by atomic mass is 9.98. The first-order valence-electron chi connectivity index (χ1n) is 8.38. The van der Waals surface area contributed by atoms with Crippen LogP contribution in [-0.2, 0) is 15.6 Å². The number of nitrogens with zero attached hydrogens (tertiary/aromatic N) is 1. The van der Waals surface area contributed by atoms with E-state index in [1.165, 1.54) is 24.3 Å². The van der Waals surface area contributed by atoms with Crippen LogP contribution >= 0.6 is 12.4 Å². The van der Waals surface area contributed by atoms with E-state index in [0.29, 0.717) is 17.6 Å². The Hall–Kier alpha value is -1.25. The molecule has 2 bridgehead atoms. The van der Waals surface area contributed by atoms with Crippen molar-refractivity contribution in [2.24, 2.45) is 0 Å². The van der Waals surface area contributed by atoms with Crippen molar-refractivity contribution in [2.75, 3.05) is 7.05 Å². The first kappa shape index (κ1) is 21.1. The number of nitrogens with one attached hydrogen (secondary N) is 1. The second kappa shape index (κ2) is 8.19. The van der Waals surface area contributed by atoms with Crippen molar-refractivity contribution in [3.05, 3.63) is 35.4 Å². The van der Waals surface area contributed by atoms with Crippen LogP contribution in [0.5, 0.6) is 0 Å². The second-order valence-corrected chi connectivity index (χ2v) is 8.91. The number of halogens is 3. The molecule has 146 valence electrons. The van der Waals surface area contributed by atoms with Gasteiger partial charge in [0.05, 0.1) is 5.75 Å². The number of amides is 1. The number of rotatable bonds is 5. The lowest BCUT2D eigenvalue weighted by Gasteiger charge is -2.35. The molecule has 2 fully saturated rings. The average molecular weight is 409 g/mol. The number of sulfone groups is 1. The van der Waals surface area contributed by atoms with Crippen LogP contribution < -0.4 is 5.32 Å². The van der Waals surface area contributed by atoms with E-state index in [4.69, 9.17) is 0 Å². The largest absolute Gasteiger partial charge is 0.339 e. The Labute approximate surface area is 158 Å². The molecule has 2 heterocycles. The van der Waals surface area contributed by atoms with E-state index in [1.54, 1.807) is 11.9 Å². The molecule has 0 radical (unpaired) electrons. The minimum atomic E-state index is -4.46. The fraction of sp³-hybridized carbons (Fsp3) is 0.588. The van der Waals surface area contributed by atoms with Crippen molar-refractivity contribution in [1.29, 1.82) is 0 Å². The number of hydrogen-bond donors (Lipinski definition) is 1. The molecule has 0 aliphatic carbocycles. The zero-order valence-electron chi connectivity index (χ0n) is 14.4. The zero-order chi connectivity index (χ0) is 18.2. The predicted molar refractivity (Wildman–Crippen MR) is 97.4 cm³/mol. The molecule has 0 aromatic heterocycles.